The number of carbonyl (C=O) groups excluding carboxylic acids is 1. The van der Waals surface area contributed by atoms with Crippen molar-refractivity contribution in [1.82, 2.24) is 14.9 Å². The van der Waals surface area contributed by atoms with Gasteiger partial charge in [0.25, 0.3) is 5.91 Å². The second kappa shape index (κ2) is 8.34. The summed E-state index contributed by atoms with van der Waals surface area (Å²) < 4.78 is 1.98. The molecule has 3 N–H and O–H groups in total. The van der Waals surface area contributed by atoms with Gasteiger partial charge < -0.3 is 15.6 Å². The lowest BCUT2D eigenvalue weighted by molar-refractivity contribution is 0.0915. The van der Waals surface area contributed by atoms with Gasteiger partial charge in [0.1, 0.15) is 5.82 Å². The van der Waals surface area contributed by atoms with Gasteiger partial charge in [-0.2, -0.15) is 0 Å². The van der Waals surface area contributed by atoms with E-state index in [1.54, 1.807) is 6.20 Å². The van der Waals surface area contributed by atoms with Crippen molar-refractivity contribution >= 4 is 30.7 Å². The Balaban J connectivity index is 0.00000242. The lowest BCUT2D eigenvalue weighted by atomic mass is 10.1. The number of nitrogens with zero attached hydrogens (tertiary/aromatic N) is 2. The first-order valence-corrected chi connectivity index (χ1v) is 6.98. The summed E-state index contributed by atoms with van der Waals surface area (Å²) in [6, 6.07) is 7.60. The van der Waals surface area contributed by atoms with Crippen molar-refractivity contribution in [1.29, 1.82) is 0 Å². The van der Waals surface area contributed by atoms with Crippen LogP contribution in [0, 0.1) is 13.8 Å². The summed E-state index contributed by atoms with van der Waals surface area (Å²) >= 11 is 0. The molecule has 0 bridgehead atoms. The summed E-state index contributed by atoms with van der Waals surface area (Å²) in [5.74, 6) is 0.699. The van der Waals surface area contributed by atoms with E-state index >= 15 is 0 Å². The predicted octanol–water partition coefficient (Wildman–Crippen LogP) is 2.80. The van der Waals surface area contributed by atoms with Crippen LogP contribution in [-0.2, 0) is 0 Å². The van der Waals surface area contributed by atoms with Gasteiger partial charge in [-0.15, -0.1) is 24.8 Å². The SMILES string of the molecule is Cc1cc(C(=O)NC(C)(C)CN)c(C)n1-c1ccccn1.Cl.Cl. The van der Waals surface area contributed by atoms with Crippen molar-refractivity contribution in [2.45, 2.75) is 33.2 Å². The minimum atomic E-state index is -0.426. The number of hydrogen-bond donors (Lipinski definition) is 2. The topological polar surface area (TPSA) is 72.9 Å². The van der Waals surface area contributed by atoms with E-state index in [0.717, 1.165) is 17.2 Å². The van der Waals surface area contributed by atoms with Crippen LogP contribution < -0.4 is 11.1 Å². The molecule has 2 heterocycles. The first-order chi connectivity index (χ1) is 9.85. The highest BCUT2D eigenvalue weighted by Crippen LogP contribution is 2.19. The molecule has 0 aliphatic carbocycles. The molecule has 0 saturated heterocycles. The monoisotopic (exact) mass is 358 g/mol. The molecule has 1 amide bonds. The lowest BCUT2D eigenvalue weighted by Crippen LogP contribution is -2.48. The van der Waals surface area contributed by atoms with Crippen LogP contribution >= 0.6 is 24.8 Å². The average molecular weight is 359 g/mol. The zero-order valence-electron chi connectivity index (χ0n) is 13.8. The van der Waals surface area contributed by atoms with Crippen molar-refractivity contribution in [3.05, 3.63) is 47.4 Å². The largest absolute Gasteiger partial charge is 0.346 e. The average Bonchev–Trinajstić information content (AvgIpc) is 2.74. The van der Waals surface area contributed by atoms with Crippen LogP contribution in [0.2, 0.25) is 0 Å². The Morgan fingerprint density at radius 3 is 2.48 bits per heavy atom. The summed E-state index contributed by atoms with van der Waals surface area (Å²) in [4.78, 5) is 16.8. The van der Waals surface area contributed by atoms with Crippen LogP contribution in [0.15, 0.2) is 30.5 Å². The summed E-state index contributed by atoms with van der Waals surface area (Å²) in [5.41, 5.74) is 7.74. The van der Waals surface area contributed by atoms with Gasteiger partial charge in [-0.05, 0) is 45.9 Å². The van der Waals surface area contributed by atoms with Gasteiger partial charge in [-0.3, -0.25) is 4.79 Å². The second-order valence-corrected chi connectivity index (χ2v) is 5.85. The first kappa shape index (κ1) is 21.4. The van der Waals surface area contributed by atoms with Gasteiger partial charge in [0.15, 0.2) is 0 Å². The summed E-state index contributed by atoms with van der Waals surface area (Å²) in [6.07, 6.45) is 1.74. The van der Waals surface area contributed by atoms with Gasteiger partial charge in [-0.25, -0.2) is 4.98 Å². The molecule has 0 radical (unpaired) electrons. The molecule has 2 aromatic heterocycles. The maximum absolute atomic E-state index is 12.4. The maximum Gasteiger partial charge on any atom is 0.253 e. The van der Waals surface area contributed by atoms with E-state index in [1.165, 1.54) is 0 Å². The molecule has 5 nitrogen and oxygen atoms in total. The Hall–Kier alpha value is -1.56. The van der Waals surface area contributed by atoms with Gasteiger partial charge >= 0.3 is 0 Å². The minimum absolute atomic E-state index is 0. The number of rotatable bonds is 4. The smallest absolute Gasteiger partial charge is 0.253 e. The third-order valence-electron chi connectivity index (χ3n) is 3.52. The molecule has 0 spiro atoms. The Bertz CT molecular complexity index is 654. The number of aryl methyl sites for hydroxylation is 1. The fourth-order valence-corrected chi connectivity index (χ4v) is 2.26. The zero-order valence-corrected chi connectivity index (χ0v) is 15.4. The highest BCUT2D eigenvalue weighted by atomic mass is 35.5. The molecule has 0 saturated carbocycles. The number of nitrogens with one attached hydrogen (secondary N) is 1. The molecule has 0 unspecified atom stereocenters. The molecule has 0 fully saturated rings. The number of halogens is 2. The molecule has 2 aromatic rings. The van der Waals surface area contributed by atoms with E-state index in [-0.39, 0.29) is 30.7 Å². The second-order valence-electron chi connectivity index (χ2n) is 5.85. The fraction of sp³-hybridized carbons (Fsp3) is 0.375. The quantitative estimate of drug-likeness (QED) is 0.882. The predicted molar refractivity (Wildman–Crippen MR) is 98.1 cm³/mol. The van der Waals surface area contributed by atoms with Crippen molar-refractivity contribution < 1.29 is 4.79 Å². The molecular weight excluding hydrogens is 335 g/mol. The number of hydrogen-bond acceptors (Lipinski definition) is 3. The molecule has 128 valence electrons. The van der Waals surface area contributed by atoms with Crippen LogP contribution in [-0.4, -0.2) is 27.5 Å². The molecule has 0 aliphatic heterocycles. The van der Waals surface area contributed by atoms with Crippen LogP contribution in [0.5, 0.6) is 0 Å². The molecule has 2 rings (SSSR count). The Morgan fingerprint density at radius 1 is 1.30 bits per heavy atom. The van der Waals surface area contributed by atoms with Gasteiger partial charge in [0, 0.05) is 29.7 Å². The summed E-state index contributed by atoms with van der Waals surface area (Å²) in [6.45, 7) is 8.09. The summed E-state index contributed by atoms with van der Waals surface area (Å²) in [5, 5.41) is 2.96. The molecule has 0 aromatic carbocycles. The summed E-state index contributed by atoms with van der Waals surface area (Å²) in [7, 11) is 0. The molecule has 7 heteroatoms. The van der Waals surface area contributed by atoms with E-state index in [9.17, 15) is 4.79 Å². The number of amides is 1. The van der Waals surface area contributed by atoms with E-state index < -0.39 is 5.54 Å². The number of aromatic nitrogens is 2. The number of carbonyl (C=O) groups is 1. The lowest BCUT2D eigenvalue weighted by Gasteiger charge is -2.24. The van der Waals surface area contributed by atoms with E-state index in [0.29, 0.717) is 12.1 Å². The van der Waals surface area contributed by atoms with Crippen molar-refractivity contribution in [3.8, 4) is 5.82 Å². The van der Waals surface area contributed by atoms with Crippen molar-refractivity contribution in [2.75, 3.05) is 6.54 Å². The Labute approximate surface area is 149 Å². The van der Waals surface area contributed by atoms with Crippen LogP contribution in [0.1, 0.15) is 35.6 Å². The van der Waals surface area contributed by atoms with Crippen molar-refractivity contribution in [2.24, 2.45) is 5.73 Å². The zero-order chi connectivity index (χ0) is 15.6. The molecule has 0 aliphatic rings. The molecule has 23 heavy (non-hydrogen) atoms. The van der Waals surface area contributed by atoms with Crippen LogP contribution in [0.4, 0.5) is 0 Å². The minimum Gasteiger partial charge on any atom is -0.346 e. The van der Waals surface area contributed by atoms with E-state index in [1.807, 2.05) is 56.5 Å². The van der Waals surface area contributed by atoms with Crippen molar-refractivity contribution in [3.63, 3.8) is 0 Å². The number of pyridine rings is 1. The fourth-order valence-electron chi connectivity index (χ4n) is 2.26. The number of nitrogens with two attached hydrogens (primary N) is 1. The maximum atomic E-state index is 12.4. The third kappa shape index (κ3) is 4.70. The van der Waals surface area contributed by atoms with Crippen LogP contribution in [0.25, 0.3) is 5.82 Å². The highest BCUT2D eigenvalue weighted by molar-refractivity contribution is 5.96. The third-order valence-corrected chi connectivity index (χ3v) is 3.52. The first-order valence-electron chi connectivity index (χ1n) is 6.98. The van der Waals surface area contributed by atoms with Gasteiger partial charge in [-0.1, -0.05) is 6.07 Å². The van der Waals surface area contributed by atoms with Crippen LogP contribution in [0.3, 0.4) is 0 Å². The van der Waals surface area contributed by atoms with E-state index in [2.05, 4.69) is 10.3 Å². The van der Waals surface area contributed by atoms with E-state index in [4.69, 9.17) is 5.73 Å². The highest BCUT2D eigenvalue weighted by Gasteiger charge is 2.23. The standard InChI is InChI=1S/C16H22N4O.2ClH/c1-11-9-13(15(21)19-16(3,4)10-17)12(2)20(11)14-7-5-6-8-18-14;;/h5-9H,10,17H2,1-4H3,(H,19,21);2*1H. The Kier molecular flexibility index (Phi) is 7.77. The van der Waals surface area contributed by atoms with Gasteiger partial charge in [0.2, 0.25) is 0 Å². The molecular formula is C16H24Cl2N4O. The normalized spacial score (nSPS) is 10.5. The van der Waals surface area contributed by atoms with Gasteiger partial charge in [0.05, 0.1) is 5.56 Å². The Morgan fingerprint density at radius 2 is 1.96 bits per heavy atom. The molecule has 0 atom stereocenters.